The Labute approximate surface area is 118 Å². The SMILES string of the molecule is CC1(C)C(C(Cc2ccccc2Br)NN)C1(C)C. The van der Waals surface area contributed by atoms with E-state index < -0.39 is 0 Å². The average Bonchev–Trinajstić information content (AvgIpc) is 2.70. The van der Waals surface area contributed by atoms with Crippen molar-refractivity contribution in [2.24, 2.45) is 22.6 Å². The molecule has 0 amide bonds. The Kier molecular flexibility index (Phi) is 3.60. The zero-order valence-corrected chi connectivity index (χ0v) is 13.2. The molecule has 1 saturated carbocycles. The highest BCUT2D eigenvalue weighted by Crippen LogP contribution is 2.69. The molecule has 0 aromatic heterocycles. The van der Waals surface area contributed by atoms with Crippen LogP contribution in [0.25, 0.3) is 0 Å². The smallest absolute Gasteiger partial charge is 0.0290 e. The molecule has 0 aliphatic heterocycles. The summed E-state index contributed by atoms with van der Waals surface area (Å²) in [6.07, 6.45) is 0.968. The topological polar surface area (TPSA) is 38.0 Å². The van der Waals surface area contributed by atoms with Gasteiger partial charge in [0.15, 0.2) is 0 Å². The minimum Gasteiger partial charge on any atom is -0.271 e. The number of rotatable bonds is 4. The van der Waals surface area contributed by atoms with Crippen molar-refractivity contribution in [3.05, 3.63) is 34.3 Å². The summed E-state index contributed by atoms with van der Waals surface area (Å²) in [5.74, 6) is 6.40. The molecule has 2 nitrogen and oxygen atoms in total. The number of halogens is 1. The van der Waals surface area contributed by atoms with Gasteiger partial charge >= 0.3 is 0 Å². The van der Waals surface area contributed by atoms with Crippen LogP contribution in [-0.2, 0) is 6.42 Å². The molecule has 3 N–H and O–H groups in total. The summed E-state index contributed by atoms with van der Waals surface area (Å²) in [6.45, 7) is 9.34. The minimum atomic E-state index is 0.327. The number of nitrogens with one attached hydrogen (secondary N) is 1. The standard InChI is InChI=1S/C15H23BrN2/c1-14(2)13(15(14,3)4)12(18-17)9-10-7-5-6-8-11(10)16/h5-8,12-13,18H,9,17H2,1-4H3. The first kappa shape index (κ1) is 14.0. The fourth-order valence-corrected chi connectivity index (χ4v) is 3.87. The van der Waals surface area contributed by atoms with Crippen molar-refractivity contribution in [2.75, 3.05) is 0 Å². The van der Waals surface area contributed by atoms with Crippen LogP contribution in [0, 0.1) is 16.7 Å². The monoisotopic (exact) mass is 310 g/mol. The van der Waals surface area contributed by atoms with Gasteiger partial charge in [-0.1, -0.05) is 61.8 Å². The first-order valence-electron chi connectivity index (χ1n) is 6.52. The largest absolute Gasteiger partial charge is 0.271 e. The van der Waals surface area contributed by atoms with Gasteiger partial charge in [-0.3, -0.25) is 11.3 Å². The summed E-state index contributed by atoms with van der Waals surface area (Å²) in [5.41, 5.74) is 5.05. The van der Waals surface area contributed by atoms with Crippen molar-refractivity contribution in [2.45, 2.75) is 40.2 Å². The van der Waals surface area contributed by atoms with Crippen LogP contribution < -0.4 is 11.3 Å². The number of benzene rings is 1. The van der Waals surface area contributed by atoms with E-state index in [1.54, 1.807) is 0 Å². The molecule has 1 aliphatic rings. The van der Waals surface area contributed by atoms with Crippen molar-refractivity contribution in [1.29, 1.82) is 0 Å². The molecule has 1 unspecified atom stereocenters. The summed E-state index contributed by atoms with van der Waals surface area (Å²) in [4.78, 5) is 0. The van der Waals surface area contributed by atoms with Crippen LogP contribution in [0.2, 0.25) is 0 Å². The molecule has 0 spiro atoms. The van der Waals surface area contributed by atoms with Crippen LogP contribution in [0.3, 0.4) is 0 Å². The molecule has 1 aromatic rings. The highest BCUT2D eigenvalue weighted by Gasteiger charge is 2.66. The first-order valence-corrected chi connectivity index (χ1v) is 7.31. The van der Waals surface area contributed by atoms with Gasteiger partial charge in [0.25, 0.3) is 0 Å². The zero-order chi connectivity index (χ0) is 13.6. The highest BCUT2D eigenvalue weighted by atomic mass is 79.9. The van der Waals surface area contributed by atoms with Gasteiger partial charge in [-0.15, -0.1) is 0 Å². The fourth-order valence-electron chi connectivity index (χ4n) is 3.43. The van der Waals surface area contributed by atoms with Crippen LogP contribution in [0.4, 0.5) is 0 Å². The van der Waals surface area contributed by atoms with Gasteiger partial charge in [0.2, 0.25) is 0 Å². The molecule has 1 aromatic carbocycles. The van der Waals surface area contributed by atoms with Gasteiger partial charge in [0.1, 0.15) is 0 Å². The lowest BCUT2D eigenvalue weighted by Crippen LogP contribution is -2.40. The van der Waals surface area contributed by atoms with E-state index in [-0.39, 0.29) is 0 Å². The second-order valence-corrected chi connectivity index (χ2v) is 7.34. The van der Waals surface area contributed by atoms with Crippen molar-refractivity contribution >= 4 is 15.9 Å². The Hall–Kier alpha value is -0.380. The van der Waals surface area contributed by atoms with Gasteiger partial charge in [0.05, 0.1) is 0 Å². The zero-order valence-electron chi connectivity index (χ0n) is 11.6. The van der Waals surface area contributed by atoms with Gasteiger partial charge in [-0.05, 0) is 34.8 Å². The summed E-state index contributed by atoms with van der Waals surface area (Å²) in [6, 6.07) is 8.71. The second-order valence-electron chi connectivity index (χ2n) is 6.49. The molecule has 0 saturated heterocycles. The molecule has 2 rings (SSSR count). The van der Waals surface area contributed by atoms with Gasteiger partial charge in [0, 0.05) is 10.5 Å². The summed E-state index contributed by atoms with van der Waals surface area (Å²) >= 11 is 3.61. The molecule has 18 heavy (non-hydrogen) atoms. The lowest BCUT2D eigenvalue weighted by atomic mass is 9.97. The molecular formula is C15H23BrN2. The quantitative estimate of drug-likeness (QED) is 0.660. The number of hydrazine groups is 1. The van der Waals surface area contributed by atoms with E-state index in [0.717, 1.165) is 6.42 Å². The third kappa shape index (κ3) is 2.13. The van der Waals surface area contributed by atoms with Gasteiger partial charge in [-0.25, -0.2) is 0 Å². The Morgan fingerprint density at radius 3 is 2.22 bits per heavy atom. The normalized spacial score (nSPS) is 22.8. The lowest BCUT2D eigenvalue weighted by Gasteiger charge is -2.19. The Balaban J connectivity index is 2.16. The summed E-state index contributed by atoms with van der Waals surface area (Å²) in [5, 5.41) is 0. The van der Waals surface area contributed by atoms with E-state index in [9.17, 15) is 0 Å². The predicted molar refractivity (Wildman–Crippen MR) is 80.0 cm³/mol. The van der Waals surface area contributed by atoms with Crippen LogP contribution in [-0.4, -0.2) is 6.04 Å². The molecule has 1 fully saturated rings. The third-order valence-electron chi connectivity index (χ3n) is 5.15. The maximum absolute atomic E-state index is 5.79. The molecule has 3 heteroatoms. The molecule has 1 atom stereocenters. The van der Waals surface area contributed by atoms with Gasteiger partial charge in [-0.2, -0.15) is 0 Å². The Morgan fingerprint density at radius 2 is 1.78 bits per heavy atom. The second kappa shape index (κ2) is 4.62. The van der Waals surface area contributed by atoms with Crippen molar-refractivity contribution in [3.8, 4) is 0 Å². The third-order valence-corrected chi connectivity index (χ3v) is 5.92. The molecule has 0 heterocycles. The first-order chi connectivity index (χ1) is 8.32. The van der Waals surface area contributed by atoms with E-state index in [0.29, 0.717) is 22.8 Å². The van der Waals surface area contributed by atoms with Gasteiger partial charge < -0.3 is 0 Å². The van der Waals surface area contributed by atoms with Crippen LogP contribution >= 0.6 is 15.9 Å². The maximum Gasteiger partial charge on any atom is 0.0290 e. The van der Waals surface area contributed by atoms with E-state index in [2.05, 4.69) is 67.2 Å². The van der Waals surface area contributed by atoms with Crippen molar-refractivity contribution in [1.82, 2.24) is 5.43 Å². The average molecular weight is 311 g/mol. The molecule has 100 valence electrons. The van der Waals surface area contributed by atoms with E-state index >= 15 is 0 Å². The fraction of sp³-hybridized carbons (Fsp3) is 0.600. The van der Waals surface area contributed by atoms with E-state index in [4.69, 9.17) is 5.84 Å². The molecular weight excluding hydrogens is 288 g/mol. The summed E-state index contributed by atoms with van der Waals surface area (Å²) < 4.78 is 1.17. The highest BCUT2D eigenvalue weighted by molar-refractivity contribution is 9.10. The van der Waals surface area contributed by atoms with Crippen molar-refractivity contribution in [3.63, 3.8) is 0 Å². The molecule has 0 radical (unpaired) electrons. The maximum atomic E-state index is 5.79. The Bertz CT molecular complexity index is 426. The number of hydrogen-bond acceptors (Lipinski definition) is 2. The van der Waals surface area contributed by atoms with Crippen LogP contribution in [0.15, 0.2) is 28.7 Å². The molecule has 1 aliphatic carbocycles. The molecule has 0 bridgehead atoms. The lowest BCUT2D eigenvalue weighted by molar-refractivity contribution is 0.402. The Morgan fingerprint density at radius 1 is 1.22 bits per heavy atom. The van der Waals surface area contributed by atoms with Crippen LogP contribution in [0.5, 0.6) is 0 Å². The van der Waals surface area contributed by atoms with E-state index in [1.807, 2.05) is 6.07 Å². The number of nitrogens with two attached hydrogens (primary N) is 1. The van der Waals surface area contributed by atoms with E-state index in [1.165, 1.54) is 10.0 Å². The summed E-state index contributed by atoms with van der Waals surface area (Å²) in [7, 11) is 0. The minimum absolute atomic E-state index is 0.327. The predicted octanol–water partition coefficient (Wildman–Crippen LogP) is 3.51. The number of hydrogen-bond donors (Lipinski definition) is 2. The van der Waals surface area contributed by atoms with Crippen LogP contribution in [0.1, 0.15) is 33.3 Å². The van der Waals surface area contributed by atoms with Crippen molar-refractivity contribution < 1.29 is 0 Å².